The summed E-state index contributed by atoms with van der Waals surface area (Å²) in [5, 5.41) is 18.8. The van der Waals surface area contributed by atoms with Crippen LogP contribution in [0.3, 0.4) is 0 Å². The third kappa shape index (κ3) is 3.83. The highest BCUT2D eigenvalue weighted by Crippen LogP contribution is 2.44. The predicted molar refractivity (Wildman–Crippen MR) is 99.5 cm³/mol. The Labute approximate surface area is 157 Å². The van der Waals surface area contributed by atoms with Gasteiger partial charge in [0.15, 0.2) is 0 Å². The maximum absolute atomic E-state index is 12.6. The molecular weight excluding hydrogens is 346 g/mol. The fourth-order valence-electron chi connectivity index (χ4n) is 3.64. The fourth-order valence-corrected chi connectivity index (χ4v) is 3.64. The molecule has 142 valence electrons. The lowest BCUT2D eigenvalue weighted by atomic mass is 9.98. The van der Waals surface area contributed by atoms with Crippen molar-refractivity contribution in [2.75, 3.05) is 32.9 Å². The molecule has 4 rings (SSSR count). The number of epoxide rings is 1. The van der Waals surface area contributed by atoms with Gasteiger partial charge in [0, 0.05) is 5.92 Å². The molecule has 0 spiro atoms. The molecule has 0 radical (unpaired) electrons. The zero-order chi connectivity index (χ0) is 18.8. The van der Waals surface area contributed by atoms with Crippen molar-refractivity contribution in [1.29, 1.82) is 0 Å². The van der Waals surface area contributed by atoms with Crippen LogP contribution in [-0.4, -0.2) is 66.3 Å². The molecule has 1 heterocycles. The van der Waals surface area contributed by atoms with Crippen LogP contribution in [0.5, 0.6) is 0 Å². The molecule has 1 fully saturated rings. The first-order valence-electron chi connectivity index (χ1n) is 9.18. The summed E-state index contributed by atoms with van der Waals surface area (Å²) in [5.41, 5.74) is 4.65. The third-order valence-electron chi connectivity index (χ3n) is 5.06. The minimum Gasteiger partial charge on any atom is -0.448 e. The standard InChI is InChI=1S/C21H23NO5/c23-11-14(24)9-22(10-15-12-26-15)21(25)27-13-20-18-7-3-1-5-16(18)17-6-2-4-8-19(17)20/h1-8,14-15,20,23-24H,9-13H2. The summed E-state index contributed by atoms with van der Waals surface area (Å²) < 4.78 is 10.8. The number of benzene rings is 2. The Balaban J connectivity index is 1.48. The second-order valence-electron chi connectivity index (χ2n) is 7.00. The molecule has 1 amide bonds. The van der Waals surface area contributed by atoms with E-state index in [2.05, 4.69) is 24.3 Å². The maximum atomic E-state index is 12.6. The van der Waals surface area contributed by atoms with E-state index in [0.29, 0.717) is 13.2 Å². The fraction of sp³-hybridized carbons (Fsp3) is 0.381. The molecule has 2 aliphatic rings. The topological polar surface area (TPSA) is 82.5 Å². The highest BCUT2D eigenvalue weighted by molar-refractivity contribution is 5.79. The average Bonchev–Trinajstić information content (AvgIpc) is 3.46. The van der Waals surface area contributed by atoms with Gasteiger partial charge in [-0.1, -0.05) is 48.5 Å². The van der Waals surface area contributed by atoms with E-state index in [1.54, 1.807) is 0 Å². The molecule has 2 aromatic carbocycles. The summed E-state index contributed by atoms with van der Waals surface area (Å²) in [5.74, 6) is -0.0110. The Kier molecular flexibility index (Phi) is 5.11. The molecule has 0 saturated carbocycles. The van der Waals surface area contributed by atoms with Crippen LogP contribution in [0.15, 0.2) is 48.5 Å². The molecule has 1 aliphatic heterocycles. The van der Waals surface area contributed by atoms with Crippen LogP contribution in [0, 0.1) is 0 Å². The normalized spacial score (nSPS) is 18.5. The molecule has 2 unspecified atom stereocenters. The van der Waals surface area contributed by atoms with Gasteiger partial charge >= 0.3 is 6.09 Å². The molecule has 6 heteroatoms. The van der Waals surface area contributed by atoms with E-state index in [1.807, 2.05) is 24.3 Å². The monoisotopic (exact) mass is 369 g/mol. The van der Waals surface area contributed by atoms with E-state index < -0.39 is 18.8 Å². The Morgan fingerprint density at radius 1 is 1.15 bits per heavy atom. The maximum Gasteiger partial charge on any atom is 0.409 e. The van der Waals surface area contributed by atoms with E-state index in [1.165, 1.54) is 16.0 Å². The first-order chi connectivity index (χ1) is 13.2. The Hall–Kier alpha value is -2.41. The van der Waals surface area contributed by atoms with Crippen LogP contribution < -0.4 is 0 Å². The molecule has 27 heavy (non-hydrogen) atoms. The predicted octanol–water partition coefficient (Wildman–Crippen LogP) is 1.99. The highest BCUT2D eigenvalue weighted by atomic mass is 16.6. The lowest BCUT2D eigenvalue weighted by Gasteiger charge is -2.24. The molecular formula is C21H23NO5. The Morgan fingerprint density at radius 3 is 2.30 bits per heavy atom. The van der Waals surface area contributed by atoms with Crippen molar-refractivity contribution in [3.8, 4) is 11.1 Å². The van der Waals surface area contributed by atoms with Crippen molar-refractivity contribution in [2.24, 2.45) is 0 Å². The van der Waals surface area contributed by atoms with Crippen LogP contribution in [0.4, 0.5) is 4.79 Å². The van der Waals surface area contributed by atoms with E-state index >= 15 is 0 Å². The van der Waals surface area contributed by atoms with Gasteiger partial charge in [-0.2, -0.15) is 0 Å². The summed E-state index contributed by atoms with van der Waals surface area (Å²) >= 11 is 0. The van der Waals surface area contributed by atoms with Gasteiger partial charge in [-0.05, 0) is 22.3 Å². The zero-order valence-electron chi connectivity index (χ0n) is 15.0. The lowest BCUT2D eigenvalue weighted by Crippen LogP contribution is -2.41. The summed E-state index contributed by atoms with van der Waals surface area (Å²) in [4.78, 5) is 14.0. The number of hydrogen-bond donors (Lipinski definition) is 2. The quantitative estimate of drug-likeness (QED) is 0.730. The van der Waals surface area contributed by atoms with E-state index in [-0.39, 0.29) is 25.2 Å². The molecule has 2 N–H and O–H groups in total. The van der Waals surface area contributed by atoms with Crippen LogP contribution in [0.2, 0.25) is 0 Å². The van der Waals surface area contributed by atoms with Crippen LogP contribution in [0.1, 0.15) is 17.0 Å². The summed E-state index contributed by atoms with van der Waals surface area (Å²) in [6.45, 7) is 0.798. The van der Waals surface area contributed by atoms with Crippen LogP contribution >= 0.6 is 0 Å². The SMILES string of the molecule is O=C(OCC1c2ccccc2-c2ccccc21)N(CC(O)CO)CC1CO1. The van der Waals surface area contributed by atoms with Gasteiger partial charge in [0.05, 0.1) is 38.5 Å². The Morgan fingerprint density at radius 2 is 1.74 bits per heavy atom. The number of hydrogen-bond acceptors (Lipinski definition) is 5. The van der Waals surface area contributed by atoms with Gasteiger partial charge in [0.1, 0.15) is 6.61 Å². The average molecular weight is 369 g/mol. The molecule has 2 atom stereocenters. The van der Waals surface area contributed by atoms with Gasteiger partial charge in [0.2, 0.25) is 0 Å². The van der Waals surface area contributed by atoms with Crippen molar-refractivity contribution in [1.82, 2.24) is 4.90 Å². The molecule has 1 saturated heterocycles. The molecule has 0 bridgehead atoms. The number of aliphatic hydroxyl groups is 2. The number of carbonyl (C=O) groups is 1. The van der Waals surface area contributed by atoms with Crippen molar-refractivity contribution in [2.45, 2.75) is 18.1 Å². The number of carbonyl (C=O) groups excluding carboxylic acids is 1. The molecule has 2 aromatic rings. The number of nitrogens with zero attached hydrogens (tertiary/aromatic N) is 1. The molecule has 1 aliphatic carbocycles. The minimum atomic E-state index is -0.996. The lowest BCUT2D eigenvalue weighted by molar-refractivity contribution is 0.0439. The summed E-state index contributed by atoms with van der Waals surface area (Å²) in [7, 11) is 0. The van der Waals surface area contributed by atoms with E-state index in [0.717, 1.165) is 11.1 Å². The zero-order valence-corrected chi connectivity index (χ0v) is 15.0. The number of rotatable bonds is 7. The minimum absolute atomic E-state index is 0.0110. The smallest absolute Gasteiger partial charge is 0.409 e. The molecule has 0 aromatic heterocycles. The van der Waals surface area contributed by atoms with Crippen molar-refractivity contribution in [3.05, 3.63) is 59.7 Å². The largest absolute Gasteiger partial charge is 0.448 e. The van der Waals surface area contributed by atoms with Crippen molar-refractivity contribution < 1.29 is 24.5 Å². The number of ether oxygens (including phenoxy) is 2. The second kappa shape index (κ2) is 7.68. The summed E-state index contributed by atoms with van der Waals surface area (Å²) in [6, 6.07) is 16.3. The number of aliphatic hydroxyl groups excluding tert-OH is 2. The van der Waals surface area contributed by atoms with Crippen LogP contribution in [-0.2, 0) is 9.47 Å². The second-order valence-corrected chi connectivity index (χ2v) is 7.00. The van der Waals surface area contributed by atoms with E-state index in [4.69, 9.17) is 14.6 Å². The van der Waals surface area contributed by atoms with Crippen molar-refractivity contribution >= 4 is 6.09 Å². The number of fused-ring (bicyclic) bond motifs is 3. The van der Waals surface area contributed by atoms with Gasteiger partial charge in [0.25, 0.3) is 0 Å². The van der Waals surface area contributed by atoms with Gasteiger partial charge < -0.3 is 24.6 Å². The van der Waals surface area contributed by atoms with Gasteiger partial charge in [-0.3, -0.25) is 0 Å². The van der Waals surface area contributed by atoms with Crippen LogP contribution in [0.25, 0.3) is 11.1 Å². The summed E-state index contributed by atoms with van der Waals surface area (Å²) in [6.07, 6.45) is -1.51. The van der Waals surface area contributed by atoms with Gasteiger partial charge in [-0.15, -0.1) is 0 Å². The molecule has 6 nitrogen and oxygen atoms in total. The third-order valence-corrected chi connectivity index (χ3v) is 5.06. The number of amides is 1. The Bertz CT molecular complexity index is 774. The highest BCUT2D eigenvalue weighted by Gasteiger charge is 2.32. The first kappa shape index (κ1) is 18.0. The van der Waals surface area contributed by atoms with E-state index in [9.17, 15) is 9.90 Å². The van der Waals surface area contributed by atoms with Gasteiger partial charge in [-0.25, -0.2) is 4.79 Å². The first-order valence-corrected chi connectivity index (χ1v) is 9.18. The van der Waals surface area contributed by atoms with Crippen molar-refractivity contribution in [3.63, 3.8) is 0 Å².